The molecule has 0 unspecified atom stereocenters. The first-order valence-electron chi connectivity index (χ1n) is 5.04. The smallest absolute Gasteiger partial charge is 0.175 e. The van der Waals surface area contributed by atoms with Gasteiger partial charge in [-0.3, -0.25) is 0 Å². The molecule has 2 rings (SSSR count). The van der Waals surface area contributed by atoms with Crippen molar-refractivity contribution in [3.05, 3.63) is 35.2 Å². The molecule has 0 aliphatic rings. The monoisotopic (exact) mass is 267 g/mol. The SMILES string of the molecule is Cc1sc(N)cc1-c1ccc(S(C)(=O)=O)cc1. The van der Waals surface area contributed by atoms with E-state index >= 15 is 0 Å². The molecular weight excluding hydrogens is 254 g/mol. The molecule has 0 fully saturated rings. The molecule has 0 radical (unpaired) electrons. The molecule has 0 spiro atoms. The molecule has 0 aliphatic heterocycles. The lowest BCUT2D eigenvalue weighted by molar-refractivity contribution is 0.602. The van der Waals surface area contributed by atoms with Gasteiger partial charge in [-0.05, 0) is 36.2 Å². The Morgan fingerprint density at radius 1 is 1.18 bits per heavy atom. The molecule has 5 heteroatoms. The van der Waals surface area contributed by atoms with Crippen LogP contribution < -0.4 is 5.73 Å². The fourth-order valence-electron chi connectivity index (χ4n) is 1.67. The third-order valence-corrected chi connectivity index (χ3v) is 4.54. The highest BCUT2D eigenvalue weighted by molar-refractivity contribution is 7.90. The minimum Gasteiger partial charge on any atom is -0.391 e. The normalized spacial score (nSPS) is 11.6. The zero-order valence-electron chi connectivity index (χ0n) is 9.60. The molecule has 1 heterocycles. The van der Waals surface area contributed by atoms with Crippen LogP contribution in [0.5, 0.6) is 0 Å². The minimum atomic E-state index is -3.13. The Hall–Kier alpha value is -1.33. The number of nitrogen functional groups attached to an aromatic ring is 1. The number of hydrogen-bond donors (Lipinski definition) is 1. The van der Waals surface area contributed by atoms with Crippen LogP contribution in [0.2, 0.25) is 0 Å². The lowest BCUT2D eigenvalue weighted by atomic mass is 10.1. The molecule has 0 bridgehead atoms. The zero-order chi connectivity index (χ0) is 12.6. The Kier molecular flexibility index (Phi) is 2.97. The van der Waals surface area contributed by atoms with Crippen molar-refractivity contribution in [1.82, 2.24) is 0 Å². The van der Waals surface area contributed by atoms with Gasteiger partial charge in [-0.15, -0.1) is 11.3 Å². The first kappa shape index (κ1) is 12.1. The number of rotatable bonds is 2. The van der Waals surface area contributed by atoms with Gasteiger partial charge in [0, 0.05) is 11.1 Å². The highest BCUT2D eigenvalue weighted by Crippen LogP contribution is 2.32. The van der Waals surface area contributed by atoms with E-state index < -0.39 is 9.84 Å². The number of benzene rings is 1. The highest BCUT2D eigenvalue weighted by Gasteiger charge is 2.09. The van der Waals surface area contributed by atoms with E-state index in [0.29, 0.717) is 4.90 Å². The van der Waals surface area contributed by atoms with Gasteiger partial charge in [0.15, 0.2) is 9.84 Å². The van der Waals surface area contributed by atoms with Gasteiger partial charge in [-0.25, -0.2) is 8.42 Å². The third kappa shape index (κ3) is 2.50. The maximum Gasteiger partial charge on any atom is 0.175 e. The fourth-order valence-corrected chi connectivity index (χ4v) is 3.12. The summed E-state index contributed by atoms with van der Waals surface area (Å²) in [6.07, 6.45) is 1.20. The van der Waals surface area contributed by atoms with Gasteiger partial charge in [0.1, 0.15) is 0 Å². The Balaban J connectivity index is 2.46. The van der Waals surface area contributed by atoms with E-state index in [2.05, 4.69) is 0 Å². The predicted molar refractivity (Wildman–Crippen MR) is 72.0 cm³/mol. The van der Waals surface area contributed by atoms with E-state index in [4.69, 9.17) is 5.73 Å². The number of aryl methyl sites for hydroxylation is 1. The fraction of sp³-hybridized carbons (Fsp3) is 0.167. The molecule has 1 aromatic carbocycles. The summed E-state index contributed by atoms with van der Waals surface area (Å²) in [5.74, 6) is 0. The van der Waals surface area contributed by atoms with Crippen LogP contribution in [0, 0.1) is 6.92 Å². The largest absolute Gasteiger partial charge is 0.391 e. The molecule has 90 valence electrons. The van der Waals surface area contributed by atoms with Crippen LogP contribution in [0.3, 0.4) is 0 Å². The Labute approximate surface area is 105 Å². The molecular formula is C12H13NO2S2. The van der Waals surface area contributed by atoms with Gasteiger partial charge in [0.05, 0.1) is 9.90 Å². The molecule has 2 N–H and O–H groups in total. The second-order valence-electron chi connectivity index (χ2n) is 3.92. The zero-order valence-corrected chi connectivity index (χ0v) is 11.2. The Bertz CT molecular complexity index is 640. The van der Waals surface area contributed by atoms with Crippen molar-refractivity contribution >= 4 is 26.2 Å². The maximum absolute atomic E-state index is 11.3. The van der Waals surface area contributed by atoms with Gasteiger partial charge < -0.3 is 5.73 Å². The minimum absolute atomic E-state index is 0.335. The summed E-state index contributed by atoms with van der Waals surface area (Å²) >= 11 is 1.53. The average Bonchev–Trinajstić information content (AvgIpc) is 2.57. The summed E-state index contributed by atoms with van der Waals surface area (Å²) in [6, 6.07) is 8.78. The van der Waals surface area contributed by atoms with Crippen LogP contribution in [0.1, 0.15) is 4.88 Å². The van der Waals surface area contributed by atoms with E-state index in [1.54, 1.807) is 12.1 Å². The van der Waals surface area contributed by atoms with E-state index in [1.807, 2.05) is 25.1 Å². The molecule has 0 saturated heterocycles. The van der Waals surface area contributed by atoms with Crippen molar-refractivity contribution in [2.24, 2.45) is 0 Å². The van der Waals surface area contributed by atoms with E-state index in [1.165, 1.54) is 17.6 Å². The average molecular weight is 267 g/mol. The molecule has 2 aromatic rings. The van der Waals surface area contributed by atoms with Crippen molar-refractivity contribution in [2.75, 3.05) is 12.0 Å². The van der Waals surface area contributed by atoms with Crippen molar-refractivity contribution in [2.45, 2.75) is 11.8 Å². The van der Waals surface area contributed by atoms with Gasteiger partial charge >= 0.3 is 0 Å². The summed E-state index contributed by atoms with van der Waals surface area (Å²) in [7, 11) is -3.13. The predicted octanol–water partition coefficient (Wildman–Crippen LogP) is 2.71. The summed E-state index contributed by atoms with van der Waals surface area (Å²) in [6.45, 7) is 2.00. The van der Waals surface area contributed by atoms with Crippen LogP contribution in [0.4, 0.5) is 5.00 Å². The van der Waals surface area contributed by atoms with Crippen molar-refractivity contribution in [3.8, 4) is 11.1 Å². The number of anilines is 1. The second-order valence-corrected chi connectivity index (χ2v) is 7.22. The summed E-state index contributed by atoms with van der Waals surface area (Å²) in [5, 5.41) is 0.768. The van der Waals surface area contributed by atoms with E-state index in [0.717, 1.165) is 21.0 Å². The summed E-state index contributed by atoms with van der Waals surface area (Å²) in [4.78, 5) is 1.47. The summed E-state index contributed by atoms with van der Waals surface area (Å²) < 4.78 is 22.7. The topological polar surface area (TPSA) is 60.2 Å². The van der Waals surface area contributed by atoms with Crippen LogP contribution >= 0.6 is 11.3 Å². The number of nitrogens with two attached hydrogens (primary N) is 1. The molecule has 3 nitrogen and oxygen atoms in total. The van der Waals surface area contributed by atoms with Crippen LogP contribution in [-0.4, -0.2) is 14.7 Å². The maximum atomic E-state index is 11.3. The number of hydrogen-bond acceptors (Lipinski definition) is 4. The molecule has 0 amide bonds. The third-order valence-electron chi connectivity index (χ3n) is 2.53. The van der Waals surface area contributed by atoms with Gasteiger partial charge in [-0.1, -0.05) is 12.1 Å². The number of thiophene rings is 1. The Morgan fingerprint density at radius 3 is 2.18 bits per heavy atom. The second kappa shape index (κ2) is 4.16. The number of sulfone groups is 1. The van der Waals surface area contributed by atoms with Gasteiger partial charge in [0.25, 0.3) is 0 Å². The highest BCUT2D eigenvalue weighted by atomic mass is 32.2. The Morgan fingerprint density at radius 2 is 1.76 bits per heavy atom. The van der Waals surface area contributed by atoms with Crippen LogP contribution in [0.25, 0.3) is 11.1 Å². The molecule has 0 saturated carbocycles. The standard InChI is InChI=1S/C12H13NO2S2/c1-8-11(7-12(13)16-8)9-3-5-10(6-4-9)17(2,14)15/h3-7H,13H2,1-2H3. The first-order chi connectivity index (χ1) is 7.88. The van der Waals surface area contributed by atoms with E-state index in [-0.39, 0.29) is 0 Å². The van der Waals surface area contributed by atoms with Crippen molar-refractivity contribution in [3.63, 3.8) is 0 Å². The first-order valence-corrected chi connectivity index (χ1v) is 7.75. The quantitative estimate of drug-likeness (QED) is 0.910. The lowest BCUT2D eigenvalue weighted by Gasteiger charge is -2.02. The van der Waals surface area contributed by atoms with Crippen LogP contribution in [-0.2, 0) is 9.84 Å². The lowest BCUT2D eigenvalue weighted by Crippen LogP contribution is -1.96. The molecule has 1 aromatic heterocycles. The molecule has 0 atom stereocenters. The molecule has 0 aliphatic carbocycles. The van der Waals surface area contributed by atoms with Crippen molar-refractivity contribution < 1.29 is 8.42 Å². The van der Waals surface area contributed by atoms with Crippen LogP contribution in [0.15, 0.2) is 35.2 Å². The van der Waals surface area contributed by atoms with Gasteiger partial charge in [-0.2, -0.15) is 0 Å². The van der Waals surface area contributed by atoms with Crippen molar-refractivity contribution in [1.29, 1.82) is 0 Å². The van der Waals surface area contributed by atoms with Gasteiger partial charge in [0.2, 0.25) is 0 Å². The van der Waals surface area contributed by atoms with E-state index in [9.17, 15) is 8.42 Å². The molecule has 17 heavy (non-hydrogen) atoms. The summed E-state index contributed by atoms with van der Waals surface area (Å²) in [5.41, 5.74) is 7.79.